The first-order valence-electron chi connectivity index (χ1n) is 4.77. The van der Waals surface area contributed by atoms with Crippen molar-refractivity contribution >= 4 is 30.3 Å². The quantitative estimate of drug-likeness (QED) is 0.426. The smallest absolute Gasteiger partial charge is 0.460 e. The molecular weight excluding hydrogens is 421 g/mol. The average molecular weight is 425 g/mol. The van der Waals surface area contributed by atoms with E-state index in [1.54, 1.807) is 0 Å². The van der Waals surface area contributed by atoms with Crippen LogP contribution in [-0.2, 0) is 19.1 Å². The molecule has 0 saturated heterocycles. The van der Waals surface area contributed by atoms with Crippen LogP contribution in [0.25, 0.3) is 0 Å². The van der Waals surface area contributed by atoms with Crippen LogP contribution in [0, 0.1) is 0 Å². The summed E-state index contributed by atoms with van der Waals surface area (Å²) < 4.78 is 128. The van der Waals surface area contributed by atoms with E-state index in [9.17, 15) is 62.7 Å². The molecule has 0 saturated carbocycles. The van der Waals surface area contributed by atoms with Gasteiger partial charge in [-0.3, -0.25) is 0 Å². The van der Waals surface area contributed by atoms with Gasteiger partial charge in [-0.2, -0.15) is 48.3 Å². The van der Waals surface area contributed by atoms with E-state index < -0.39 is 48.8 Å². The number of carbonyl (C=O) groups is 3. The highest BCUT2D eigenvalue weighted by Crippen LogP contribution is 2.46. The van der Waals surface area contributed by atoms with Crippen molar-refractivity contribution < 1.29 is 72.5 Å². The predicted octanol–water partition coefficient (Wildman–Crippen LogP) is 2.91. The first kappa shape index (κ1) is 28.0. The van der Waals surface area contributed by atoms with E-state index in [4.69, 9.17) is 5.11 Å². The van der Waals surface area contributed by atoms with Crippen LogP contribution in [0.15, 0.2) is 0 Å². The normalized spacial score (nSPS) is 12.0. The van der Waals surface area contributed by atoms with Crippen molar-refractivity contribution in [2.45, 2.75) is 30.9 Å². The molecule has 0 rings (SSSR count). The first-order valence-corrected chi connectivity index (χ1v) is 4.77. The zero-order chi connectivity index (χ0) is 20.1. The third-order valence-electron chi connectivity index (χ3n) is 1.58. The van der Waals surface area contributed by atoms with Crippen molar-refractivity contribution in [3.63, 3.8) is 0 Å². The van der Waals surface area contributed by atoms with Crippen LogP contribution >= 0.6 is 12.4 Å². The molecule has 0 fully saturated rings. The number of ether oxygens (including phenoxy) is 1. The summed E-state index contributed by atoms with van der Waals surface area (Å²) in [5, 5.41) is 7.41. The van der Waals surface area contributed by atoms with Gasteiger partial charge >= 0.3 is 48.8 Å². The fourth-order valence-corrected chi connectivity index (χ4v) is 0.501. The Labute approximate surface area is 135 Å². The molecule has 17 heteroatoms. The Morgan fingerprint density at radius 3 is 1.16 bits per heavy atom. The number of carboxylic acid groups (broad SMARTS) is 1. The highest BCUT2D eigenvalue weighted by atomic mass is 35.5. The molecule has 25 heavy (non-hydrogen) atoms. The standard InChI is InChI=1S/C4HF7O2.C4H2F4O3.ClH/c5-2(6,1(12)13)3(7,8)4(9,10)11;5-1(6)3(9)11-4(10)2(7)8;/h(H,12,13);1-2H;1H. The number of carboxylic acids is 1. The summed E-state index contributed by atoms with van der Waals surface area (Å²) in [6.07, 6.45) is -13.7. The number of carbonyl (C=O) groups excluding carboxylic acids is 2. The minimum atomic E-state index is -6.60. The number of esters is 2. The Bertz CT molecular complexity index is 458. The van der Waals surface area contributed by atoms with E-state index in [2.05, 4.69) is 4.74 Å². The molecule has 5 nitrogen and oxygen atoms in total. The minimum absolute atomic E-state index is 0. The molecule has 0 radical (unpaired) electrons. The number of hydrogen-bond acceptors (Lipinski definition) is 4. The lowest BCUT2D eigenvalue weighted by molar-refractivity contribution is -0.347. The second kappa shape index (κ2) is 9.57. The molecule has 0 bridgehead atoms. The van der Waals surface area contributed by atoms with Crippen LogP contribution in [0.3, 0.4) is 0 Å². The summed E-state index contributed by atoms with van der Waals surface area (Å²) in [7, 11) is 0. The molecule has 1 N–H and O–H groups in total. The molecule has 0 aromatic carbocycles. The lowest BCUT2D eigenvalue weighted by Gasteiger charge is -2.24. The van der Waals surface area contributed by atoms with Crippen molar-refractivity contribution in [2.24, 2.45) is 0 Å². The van der Waals surface area contributed by atoms with Gasteiger partial charge in [-0.1, -0.05) is 0 Å². The summed E-state index contributed by atoms with van der Waals surface area (Å²) in [6, 6.07) is 0. The zero-order valence-corrected chi connectivity index (χ0v) is 11.6. The summed E-state index contributed by atoms with van der Waals surface area (Å²) >= 11 is 0. The van der Waals surface area contributed by atoms with Gasteiger partial charge in [0, 0.05) is 0 Å². The fraction of sp³-hybridized carbons (Fsp3) is 0.625. The molecule has 0 unspecified atom stereocenters. The van der Waals surface area contributed by atoms with E-state index in [0.29, 0.717) is 0 Å². The number of halogens is 12. The molecule has 0 aliphatic heterocycles. The summed E-state index contributed by atoms with van der Waals surface area (Å²) in [5.41, 5.74) is 0. The van der Waals surface area contributed by atoms with Gasteiger partial charge in [-0.25, -0.2) is 14.4 Å². The third kappa shape index (κ3) is 7.70. The van der Waals surface area contributed by atoms with Crippen LogP contribution in [0.4, 0.5) is 48.3 Å². The first-order chi connectivity index (χ1) is 10.4. The maximum Gasteiger partial charge on any atom is 0.460 e. The van der Waals surface area contributed by atoms with Crippen molar-refractivity contribution in [3.05, 3.63) is 0 Å². The van der Waals surface area contributed by atoms with Gasteiger partial charge in [0.15, 0.2) is 0 Å². The van der Waals surface area contributed by atoms with E-state index in [1.165, 1.54) is 0 Å². The van der Waals surface area contributed by atoms with Crippen LogP contribution < -0.4 is 0 Å². The number of aliphatic carboxylic acids is 1. The van der Waals surface area contributed by atoms with E-state index in [1.807, 2.05) is 0 Å². The summed E-state index contributed by atoms with van der Waals surface area (Å²) in [6.45, 7) is 0. The third-order valence-corrected chi connectivity index (χ3v) is 1.58. The zero-order valence-electron chi connectivity index (χ0n) is 10.8. The Morgan fingerprint density at radius 1 is 0.760 bits per heavy atom. The van der Waals surface area contributed by atoms with Gasteiger partial charge in [0.05, 0.1) is 0 Å². The van der Waals surface area contributed by atoms with Gasteiger partial charge in [0.1, 0.15) is 0 Å². The predicted molar refractivity (Wildman–Crippen MR) is 53.9 cm³/mol. The number of alkyl halides is 11. The molecule has 0 aliphatic carbocycles. The van der Waals surface area contributed by atoms with Crippen LogP contribution in [0.5, 0.6) is 0 Å². The lowest BCUT2D eigenvalue weighted by atomic mass is 10.1. The van der Waals surface area contributed by atoms with Crippen LogP contribution in [0.1, 0.15) is 0 Å². The van der Waals surface area contributed by atoms with Crippen molar-refractivity contribution in [1.29, 1.82) is 0 Å². The molecule has 0 aromatic heterocycles. The minimum Gasteiger partial charge on any atom is -0.477 e. The van der Waals surface area contributed by atoms with E-state index in [0.717, 1.165) is 0 Å². The molecular formula is C8H4ClF11O5. The Morgan fingerprint density at radius 2 is 1.04 bits per heavy atom. The van der Waals surface area contributed by atoms with E-state index >= 15 is 0 Å². The highest BCUT2D eigenvalue weighted by molar-refractivity contribution is 5.88. The Balaban J connectivity index is -0.000000377. The van der Waals surface area contributed by atoms with Gasteiger partial charge in [-0.05, 0) is 0 Å². The molecule has 0 heterocycles. The lowest BCUT2D eigenvalue weighted by Crippen LogP contribution is -2.56. The Hall–Kier alpha value is -1.87. The second-order valence-electron chi connectivity index (χ2n) is 3.29. The van der Waals surface area contributed by atoms with E-state index in [-0.39, 0.29) is 12.4 Å². The van der Waals surface area contributed by atoms with Gasteiger partial charge < -0.3 is 9.84 Å². The monoisotopic (exact) mass is 424 g/mol. The molecule has 150 valence electrons. The summed E-state index contributed by atoms with van der Waals surface area (Å²) in [4.78, 5) is 28.8. The summed E-state index contributed by atoms with van der Waals surface area (Å²) in [5.74, 6) is -20.8. The molecule has 0 aliphatic rings. The maximum atomic E-state index is 11.8. The van der Waals surface area contributed by atoms with Crippen molar-refractivity contribution in [3.8, 4) is 0 Å². The van der Waals surface area contributed by atoms with Gasteiger partial charge in [-0.15, -0.1) is 12.4 Å². The topological polar surface area (TPSA) is 80.7 Å². The van der Waals surface area contributed by atoms with Gasteiger partial charge in [0.25, 0.3) is 0 Å². The molecule has 0 spiro atoms. The molecule has 0 aromatic rings. The number of hydrogen-bond donors (Lipinski definition) is 1. The van der Waals surface area contributed by atoms with Crippen LogP contribution in [0.2, 0.25) is 0 Å². The van der Waals surface area contributed by atoms with Crippen molar-refractivity contribution in [1.82, 2.24) is 0 Å². The largest absolute Gasteiger partial charge is 0.477 e. The molecule has 0 amide bonds. The maximum absolute atomic E-state index is 11.8. The number of rotatable bonds is 4. The van der Waals surface area contributed by atoms with Gasteiger partial charge in [0.2, 0.25) is 0 Å². The van der Waals surface area contributed by atoms with Crippen molar-refractivity contribution in [2.75, 3.05) is 0 Å². The SMILES string of the molecule is Cl.O=C(O)C(F)(F)C(F)(F)C(F)(F)F.O=C(OC(=O)C(F)F)C(F)F. The highest BCUT2D eigenvalue weighted by Gasteiger charge is 2.76. The van der Waals surface area contributed by atoms with Crippen LogP contribution in [-0.4, -0.2) is 53.9 Å². The average Bonchev–Trinajstić information content (AvgIpc) is 2.37. The fourth-order valence-electron chi connectivity index (χ4n) is 0.501. The molecule has 0 atom stereocenters. The Kier molecular flexibility index (Phi) is 10.7. The second-order valence-corrected chi connectivity index (χ2v) is 3.29.